The number of benzene rings is 1. The quantitative estimate of drug-likeness (QED) is 0.817. The maximum Gasteiger partial charge on any atom is 0.305 e. The summed E-state index contributed by atoms with van der Waals surface area (Å²) in [5, 5.41) is 9.17. The second-order valence-corrected chi connectivity index (χ2v) is 7.40. The van der Waals surface area contributed by atoms with Crippen LogP contribution in [0.5, 0.6) is 0 Å². The summed E-state index contributed by atoms with van der Waals surface area (Å²) in [6, 6.07) is 6.97. The third kappa shape index (κ3) is 4.30. The normalized spacial score (nSPS) is 25.3. The van der Waals surface area contributed by atoms with E-state index in [1.807, 2.05) is 31.2 Å². The lowest BCUT2D eigenvalue weighted by molar-refractivity contribution is -0.144. The zero-order valence-electron chi connectivity index (χ0n) is 15.8. The van der Waals surface area contributed by atoms with Crippen molar-refractivity contribution in [1.82, 2.24) is 9.80 Å². The minimum Gasteiger partial charge on any atom is -0.481 e. The fourth-order valence-corrected chi connectivity index (χ4v) is 3.98. The second kappa shape index (κ2) is 8.08. The minimum atomic E-state index is -0.937. The van der Waals surface area contributed by atoms with Crippen molar-refractivity contribution in [2.24, 2.45) is 0 Å². The topological polar surface area (TPSA) is 87.1 Å². The van der Waals surface area contributed by atoms with E-state index in [1.54, 1.807) is 16.9 Å². The molecule has 146 valence electrons. The average molecular weight is 374 g/mol. The van der Waals surface area contributed by atoms with Gasteiger partial charge in [-0.05, 0) is 25.3 Å². The summed E-state index contributed by atoms with van der Waals surface area (Å²) in [4.78, 5) is 40.0. The molecule has 3 rings (SSSR count). The molecule has 2 aliphatic rings. The van der Waals surface area contributed by atoms with Crippen molar-refractivity contribution in [3.05, 3.63) is 35.4 Å². The molecule has 1 N–H and O–H groups in total. The number of rotatable bonds is 6. The van der Waals surface area contributed by atoms with Crippen LogP contribution in [0.4, 0.5) is 0 Å². The summed E-state index contributed by atoms with van der Waals surface area (Å²) in [6.07, 6.45) is 1.04. The Balaban J connectivity index is 1.75. The third-order valence-corrected chi connectivity index (χ3v) is 5.49. The molecule has 2 amide bonds. The Bertz CT molecular complexity index is 718. The second-order valence-electron chi connectivity index (χ2n) is 7.40. The highest BCUT2D eigenvalue weighted by Gasteiger charge is 2.43. The summed E-state index contributed by atoms with van der Waals surface area (Å²) in [5.74, 6) is -1.14. The summed E-state index contributed by atoms with van der Waals surface area (Å²) < 4.78 is 5.35. The van der Waals surface area contributed by atoms with E-state index in [9.17, 15) is 14.4 Å². The van der Waals surface area contributed by atoms with E-state index < -0.39 is 18.1 Å². The van der Waals surface area contributed by atoms with Gasteiger partial charge in [-0.15, -0.1) is 0 Å². The Morgan fingerprint density at radius 3 is 2.59 bits per heavy atom. The molecule has 3 atom stereocenters. The van der Waals surface area contributed by atoms with Gasteiger partial charge in [-0.3, -0.25) is 14.4 Å². The number of hydrogen-bond donors (Lipinski definition) is 1. The largest absolute Gasteiger partial charge is 0.481 e. The highest BCUT2D eigenvalue weighted by molar-refractivity contribution is 5.91. The molecule has 1 aromatic carbocycles. The first-order valence-electron chi connectivity index (χ1n) is 9.29. The lowest BCUT2D eigenvalue weighted by Crippen LogP contribution is -2.48. The van der Waals surface area contributed by atoms with Gasteiger partial charge in [0, 0.05) is 32.7 Å². The number of amides is 2. The van der Waals surface area contributed by atoms with Gasteiger partial charge in [0.1, 0.15) is 6.04 Å². The molecule has 1 aromatic rings. The number of carbonyl (C=O) groups excluding carboxylic acids is 2. The third-order valence-electron chi connectivity index (χ3n) is 5.49. The predicted molar refractivity (Wildman–Crippen MR) is 97.9 cm³/mol. The SMILES string of the molecule is COC1CC(CC(=O)O)N(C(=O)C2CCC(=O)N2Cc2ccc(C)cc2)C1. The first kappa shape index (κ1) is 19.4. The van der Waals surface area contributed by atoms with E-state index in [0.717, 1.165) is 11.1 Å². The van der Waals surface area contributed by atoms with Gasteiger partial charge in [-0.2, -0.15) is 0 Å². The number of nitrogens with zero attached hydrogens (tertiary/aromatic N) is 2. The molecule has 3 unspecified atom stereocenters. The molecule has 0 bridgehead atoms. The monoisotopic (exact) mass is 374 g/mol. The van der Waals surface area contributed by atoms with Crippen LogP contribution in [0.2, 0.25) is 0 Å². The number of ether oxygens (including phenoxy) is 1. The van der Waals surface area contributed by atoms with Gasteiger partial charge in [-0.1, -0.05) is 29.8 Å². The molecule has 7 nitrogen and oxygen atoms in total. The molecule has 0 spiro atoms. The standard InChI is InChI=1S/C20H26N2O5/c1-13-3-5-14(6-4-13)11-22-17(7-8-18(22)23)20(26)21-12-16(27-2)9-15(21)10-19(24)25/h3-6,15-17H,7-12H2,1-2H3,(H,24,25). The zero-order chi connectivity index (χ0) is 19.6. The fourth-order valence-electron chi connectivity index (χ4n) is 3.98. The lowest BCUT2D eigenvalue weighted by Gasteiger charge is -2.31. The van der Waals surface area contributed by atoms with Crippen LogP contribution in [0, 0.1) is 6.92 Å². The summed E-state index contributed by atoms with van der Waals surface area (Å²) in [6.45, 7) is 2.76. The number of carboxylic acids is 1. The van der Waals surface area contributed by atoms with Gasteiger partial charge in [-0.25, -0.2) is 0 Å². The Labute approximate surface area is 158 Å². The molecule has 2 aliphatic heterocycles. The smallest absolute Gasteiger partial charge is 0.305 e. The molecule has 2 saturated heterocycles. The number of hydrogen-bond acceptors (Lipinski definition) is 4. The summed E-state index contributed by atoms with van der Waals surface area (Å²) >= 11 is 0. The van der Waals surface area contributed by atoms with Crippen LogP contribution < -0.4 is 0 Å². The molecule has 27 heavy (non-hydrogen) atoms. The molecular weight excluding hydrogens is 348 g/mol. The average Bonchev–Trinajstić information content (AvgIpc) is 3.20. The molecule has 2 heterocycles. The van der Waals surface area contributed by atoms with Crippen molar-refractivity contribution in [1.29, 1.82) is 0 Å². The van der Waals surface area contributed by atoms with Crippen LogP contribution in [0.15, 0.2) is 24.3 Å². The van der Waals surface area contributed by atoms with Gasteiger partial charge in [0.15, 0.2) is 0 Å². The van der Waals surface area contributed by atoms with Crippen molar-refractivity contribution in [3.63, 3.8) is 0 Å². The Morgan fingerprint density at radius 1 is 1.26 bits per heavy atom. The van der Waals surface area contributed by atoms with Crippen LogP contribution in [-0.2, 0) is 25.7 Å². The minimum absolute atomic E-state index is 0.0359. The first-order chi connectivity index (χ1) is 12.9. The van der Waals surface area contributed by atoms with Gasteiger partial charge in [0.05, 0.1) is 12.5 Å². The number of likely N-dealkylation sites (tertiary alicyclic amines) is 2. The van der Waals surface area contributed by atoms with Crippen molar-refractivity contribution in [3.8, 4) is 0 Å². The van der Waals surface area contributed by atoms with Crippen LogP contribution in [0.25, 0.3) is 0 Å². The van der Waals surface area contributed by atoms with E-state index in [-0.39, 0.29) is 24.3 Å². The predicted octanol–water partition coefficient (Wildman–Crippen LogP) is 1.58. The Hall–Kier alpha value is -2.41. The van der Waals surface area contributed by atoms with E-state index in [2.05, 4.69) is 0 Å². The van der Waals surface area contributed by atoms with Crippen LogP contribution in [0.3, 0.4) is 0 Å². The molecular formula is C20H26N2O5. The van der Waals surface area contributed by atoms with Gasteiger partial charge in [0.2, 0.25) is 11.8 Å². The van der Waals surface area contributed by atoms with Crippen molar-refractivity contribution >= 4 is 17.8 Å². The van der Waals surface area contributed by atoms with E-state index in [1.165, 1.54) is 0 Å². The van der Waals surface area contributed by atoms with Gasteiger partial charge in [0.25, 0.3) is 0 Å². The number of methoxy groups -OCH3 is 1. The first-order valence-corrected chi connectivity index (χ1v) is 9.29. The lowest BCUT2D eigenvalue weighted by atomic mass is 10.1. The number of carbonyl (C=O) groups is 3. The van der Waals surface area contributed by atoms with Crippen LogP contribution in [0.1, 0.15) is 36.8 Å². The highest BCUT2D eigenvalue weighted by Crippen LogP contribution is 2.29. The van der Waals surface area contributed by atoms with Gasteiger partial charge < -0.3 is 19.6 Å². The van der Waals surface area contributed by atoms with Crippen LogP contribution >= 0.6 is 0 Å². The van der Waals surface area contributed by atoms with Gasteiger partial charge >= 0.3 is 5.97 Å². The molecule has 0 saturated carbocycles. The Morgan fingerprint density at radius 2 is 1.96 bits per heavy atom. The fraction of sp³-hybridized carbons (Fsp3) is 0.550. The Kier molecular flexibility index (Phi) is 5.79. The van der Waals surface area contributed by atoms with Crippen molar-refractivity contribution in [2.75, 3.05) is 13.7 Å². The van der Waals surface area contributed by atoms with E-state index in [0.29, 0.717) is 32.4 Å². The summed E-state index contributed by atoms with van der Waals surface area (Å²) in [7, 11) is 1.57. The zero-order valence-corrected chi connectivity index (χ0v) is 15.8. The number of carboxylic acid groups (broad SMARTS) is 1. The molecule has 7 heteroatoms. The maximum absolute atomic E-state index is 13.2. The molecule has 2 fully saturated rings. The van der Waals surface area contributed by atoms with E-state index >= 15 is 0 Å². The molecule has 0 aliphatic carbocycles. The molecule has 0 radical (unpaired) electrons. The van der Waals surface area contributed by atoms with Crippen molar-refractivity contribution in [2.45, 2.75) is 57.3 Å². The maximum atomic E-state index is 13.2. The van der Waals surface area contributed by atoms with E-state index in [4.69, 9.17) is 9.84 Å². The number of aryl methyl sites for hydroxylation is 1. The molecule has 0 aromatic heterocycles. The highest BCUT2D eigenvalue weighted by atomic mass is 16.5. The summed E-state index contributed by atoms with van der Waals surface area (Å²) in [5.41, 5.74) is 2.12. The van der Waals surface area contributed by atoms with Crippen molar-refractivity contribution < 1.29 is 24.2 Å². The number of aliphatic carboxylic acids is 1. The van der Waals surface area contributed by atoms with Crippen LogP contribution in [-0.4, -0.2) is 64.5 Å².